The Morgan fingerprint density at radius 3 is 2.59 bits per heavy atom. The third kappa shape index (κ3) is 4.21. The van der Waals surface area contributed by atoms with E-state index in [1.54, 1.807) is 0 Å². The summed E-state index contributed by atoms with van der Waals surface area (Å²) in [6.07, 6.45) is 5.92. The molecule has 0 aliphatic carbocycles. The Morgan fingerprint density at radius 1 is 1.03 bits per heavy atom. The zero-order chi connectivity index (χ0) is 20.1. The van der Waals surface area contributed by atoms with Crippen LogP contribution in [0.1, 0.15) is 44.0 Å². The van der Waals surface area contributed by atoms with Gasteiger partial charge in [-0.1, -0.05) is 50.6 Å². The predicted octanol–water partition coefficient (Wildman–Crippen LogP) is 3.47. The summed E-state index contributed by atoms with van der Waals surface area (Å²) in [6.45, 7) is 4.89. The zero-order valence-corrected chi connectivity index (χ0v) is 16.7. The molecule has 0 saturated carbocycles. The van der Waals surface area contributed by atoms with Gasteiger partial charge < -0.3 is 0 Å². The van der Waals surface area contributed by atoms with Crippen LogP contribution in [0.2, 0.25) is 0 Å². The first-order valence-corrected chi connectivity index (χ1v) is 9.99. The first-order valence-electron chi connectivity index (χ1n) is 9.99. The molecule has 1 aromatic carbocycles. The van der Waals surface area contributed by atoms with Crippen molar-refractivity contribution in [2.45, 2.75) is 46.1 Å². The van der Waals surface area contributed by atoms with Crippen LogP contribution in [0.5, 0.6) is 0 Å². The molecule has 3 aromatic heterocycles. The minimum atomic E-state index is 0.569. The molecule has 3 heterocycles. The number of aromatic amines is 1. The number of hydrogen-bond acceptors (Lipinski definition) is 6. The number of benzene rings is 1. The van der Waals surface area contributed by atoms with E-state index in [4.69, 9.17) is 0 Å². The van der Waals surface area contributed by atoms with E-state index in [1.165, 1.54) is 0 Å². The van der Waals surface area contributed by atoms with E-state index in [9.17, 15) is 0 Å². The molecule has 0 atom stereocenters. The van der Waals surface area contributed by atoms with Crippen LogP contribution >= 0.6 is 0 Å². The van der Waals surface area contributed by atoms with Gasteiger partial charge in [0.25, 0.3) is 0 Å². The molecule has 4 aromatic rings. The van der Waals surface area contributed by atoms with Gasteiger partial charge >= 0.3 is 0 Å². The van der Waals surface area contributed by atoms with Gasteiger partial charge in [-0.2, -0.15) is 10.3 Å². The van der Waals surface area contributed by atoms with Gasteiger partial charge in [-0.25, -0.2) is 9.67 Å². The van der Waals surface area contributed by atoms with E-state index < -0.39 is 0 Å². The third-order valence-corrected chi connectivity index (χ3v) is 4.82. The van der Waals surface area contributed by atoms with Crippen LogP contribution in [-0.2, 0) is 19.4 Å². The minimum absolute atomic E-state index is 0.569. The van der Waals surface area contributed by atoms with Gasteiger partial charge in [0.2, 0.25) is 5.82 Å². The second-order valence-corrected chi connectivity index (χ2v) is 6.88. The fourth-order valence-electron chi connectivity index (χ4n) is 3.26. The zero-order valence-electron chi connectivity index (χ0n) is 16.7. The maximum Gasteiger partial charge on any atom is 0.205 e. The van der Waals surface area contributed by atoms with Crippen LogP contribution in [0.3, 0.4) is 0 Å². The lowest BCUT2D eigenvalue weighted by Gasteiger charge is -2.08. The second kappa shape index (κ2) is 8.72. The fraction of sp³-hybridized carbons (Fsp3) is 0.333. The van der Waals surface area contributed by atoms with Crippen LogP contribution < -0.4 is 0 Å². The molecular weight excluding hydrogens is 364 g/mol. The number of rotatable bonds is 8. The topological polar surface area (TPSA) is 98.1 Å². The molecule has 0 radical (unpaired) electrons. The van der Waals surface area contributed by atoms with Crippen molar-refractivity contribution in [1.82, 2.24) is 40.4 Å². The Kier molecular flexibility index (Phi) is 5.69. The third-order valence-electron chi connectivity index (χ3n) is 4.82. The van der Waals surface area contributed by atoms with E-state index in [-0.39, 0.29) is 0 Å². The number of pyridine rings is 1. The van der Waals surface area contributed by atoms with Gasteiger partial charge in [0.1, 0.15) is 5.82 Å². The van der Waals surface area contributed by atoms with Crippen molar-refractivity contribution in [3.8, 4) is 22.5 Å². The lowest BCUT2D eigenvalue weighted by Crippen LogP contribution is -2.08. The number of tetrazole rings is 1. The average molecular weight is 388 g/mol. The SMILES string of the molecule is CCCCc1nc(CC)nn1Cc1ccc(-c2ccccc2-c2nn[nH]n2)cn1. The van der Waals surface area contributed by atoms with Crippen molar-refractivity contribution >= 4 is 0 Å². The van der Waals surface area contributed by atoms with E-state index >= 15 is 0 Å². The Labute approximate surface area is 169 Å². The van der Waals surface area contributed by atoms with Gasteiger partial charge in [0.05, 0.1) is 12.2 Å². The molecule has 1 N–H and O–H groups in total. The number of hydrogen-bond donors (Lipinski definition) is 1. The summed E-state index contributed by atoms with van der Waals surface area (Å²) in [7, 11) is 0. The highest BCUT2D eigenvalue weighted by atomic mass is 15.5. The van der Waals surface area contributed by atoms with E-state index in [0.29, 0.717) is 12.4 Å². The first kappa shape index (κ1) is 18.9. The molecule has 0 aliphatic heterocycles. The van der Waals surface area contributed by atoms with Crippen LogP contribution in [-0.4, -0.2) is 40.4 Å². The molecule has 0 unspecified atom stereocenters. The highest BCUT2D eigenvalue weighted by Crippen LogP contribution is 2.29. The number of unbranched alkanes of at least 4 members (excludes halogenated alkanes) is 1. The summed E-state index contributed by atoms with van der Waals surface area (Å²) >= 11 is 0. The van der Waals surface area contributed by atoms with Crippen LogP contribution in [0.15, 0.2) is 42.6 Å². The Bertz CT molecular complexity index is 1050. The molecule has 0 spiro atoms. The lowest BCUT2D eigenvalue weighted by molar-refractivity contribution is 0.606. The largest absolute Gasteiger partial charge is 0.259 e. The summed E-state index contributed by atoms with van der Waals surface area (Å²) in [5, 5.41) is 19.0. The fourth-order valence-corrected chi connectivity index (χ4v) is 3.26. The Hall–Kier alpha value is -3.42. The van der Waals surface area contributed by atoms with Crippen LogP contribution in [0.4, 0.5) is 0 Å². The smallest absolute Gasteiger partial charge is 0.205 e. The summed E-state index contributed by atoms with van der Waals surface area (Å²) < 4.78 is 1.99. The van der Waals surface area contributed by atoms with Crippen molar-refractivity contribution < 1.29 is 0 Å². The highest BCUT2D eigenvalue weighted by Gasteiger charge is 2.12. The highest BCUT2D eigenvalue weighted by molar-refractivity contribution is 5.79. The molecule has 4 rings (SSSR count). The summed E-state index contributed by atoms with van der Waals surface area (Å²) in [5.41, 5.74) is 3.90. The van der Waals surface area contributed by atoms with Gasteiger partial charge in [-0.05, 0) is 23.3 Å². The van der Waals surface area contributed by atoms with Crippen LogP contribution in [0.25, 0.3) is 22.5 Å². The lowest BCUT2D eigenvalue weighted by atomic mass is 10.0. The molecule has 0 amide bonds. The van der Waals surface area contributed by atoms with Crippen molar-refractivity contribution in [2.75, 3.05) is 0 Å². The molecular formula is C21H24N8. The Balaban J connectivity index is 1.58. The molecule has 0 aliphatic rings. The normalized spacial score (nSPS) is 11.1. The van der Waals surface area contributed by atoms with Gasteiger partial charge in [-0.15, -0.1) is 10.2 Å². The quantitative estimate of drug-likeness (QED) is 0.496. The summed E-state index contributed by atoms with van der Waals surface area (Å²) in [6, 6.07) is 12.1. The number of H-pyrrole nitrogens is 1. The number of nitrogens with one attached hydrogen (secondary N) is 1. The predicted molar refractivity (Wildman–Crippen MR) is 110 cm³/mol. The van der Waals surface area contributed by atoms with Gasteiger partial charge in [0.15, 0.2) is 5.82 Å². The van der Waals surface area contributed by atoms with Crippen molar-refractivity contribution in [1.29, 1.82) is 0 Å². The molecule has 0 bridgehead atoms. The molecule has 8 nitrogen and oxygen atoms in total. The monoisotopic (exact) mass is 388 g/mol. The Morgan fingerprint density at radius 2 is 1.90 bits per heavy atom. The molecule has 148 valence electrons. The van der Waals surface area contributed by atoms with Crippen LogP contribution in [0, 0.1) is 0 Å². The van der Waals surface area contributed by atoms with Crippen molar-refractivity contribution in [3.05, 3.63) is 59.9 Å². The average Bonchev–Trinajstić information content (AvgIpc) is 3.43. The van der Waals surface area contributed by atoms with E-state index in [1.807, 2.05) is 41.2 Å². The maximum atomic E-state index is 4.68. The van der Waals surface area contributed by atoms with Gasteiger partial charge in [0, 0.05) is 30.2 Å². The summed E-state index contributed by atoms with van der Waals surface area (Å²) in [5.74, 6) is 2.50. The van der Waals surface area contributed by atoms with Gasteiger partial charge in [-0.3, -0.25) is 4.98 Å². The number of aromatic nitrogens is 8. The standard InChI is InChI=1S/C21H24N8/c1-3-5-10-20-23-19(4-2)26-29(20)14-16-12-11-15(13-22-16)17-8-6-7-9-18(17)21-24-27-28-25-21/h6-9,11-13H,3-5,10,14H2,1-2H3,(H,24,25,27,28). The second-order valence-electron chi connectivity index (χ2n) is 6.88. The molecule has 29 heavy (non-hydrogen) atoms. The molecule has 0 fully saturated rings. The minimum Gasteiger partial charge on any atom is -0.259 e. The van der Waals surface area contributed by atoms with E-state index in [0.717, 1.165) is 59.7 Å². The maximum absolute atomic E-state index is 4.68. The first-order chi connectivity index (χ1) is 14.3. The molecule has 8 heteroatoms. The summed E-state index contributed by atoms with van der Waals surface area (Å²) in [4.78, 5) is 9.35. The molecule has 0 saturated heterocycles. The van der Waals surface area contributed by atoms with Crippen molar-refractivity contribution in [2.24, 2.45) is 0 Å². The number of nitrogens with zero attached hydrogens (tertiary/aromatic N) is 7. The number of aryl methyl sites for hydroxylation is 2. The van der Waals surface area contributed by atoms with Crippen molar-refractivity contribution in [3.63, 3.8) is 0 Å². The van der Waals surface area contributed by atoms with E-state index in [2.05, 4.69) is 55.6 Å².